The third kappa shape index (κ3) is 4.29. The fraction of sp³-hybridized carbons (Fsp3) is 0.167. The molecular weight excluding hydrogens is 432 g/mol. The van der Waals surface area contributed by atoms with Crippen LogP contribution in [0.1, 0.15) is 41.9 Å². The van der Waals surface area contributed by atoms with Gasteiger partial charge in [-0.05, 0) is 88.2 Å². The lowest BCUT2D eigenvalue weighted by molar-refractivity contribution is 0.420. The molecule has 1 fully saturated rings. The Morgan fingerprint density at radius 2 is 0.917 bits per heavy atom. The lowest BCUT2D eigenvalue weighted by atomic mass is 9.76. The van der Waals surface area contributed by atoms with Crippen LogP contribution in [0.5, 0.6) is 0 Å². The van der Waals surface area contributed by atoms with Gasteiger partial charge in [-0.2, -0.15) is 0 Å². The fourth-order valence-electron chi connectivity index (χ4n) is 5.50. The third-order valence-corrected chi connectivity index (χ3v) is 7.93. The molecule has 1 saturated carbocycles. The van der Waals surface area contributed by atoms with Gasteiger partial charge in [0.05, 0.1) is 0 Å². The minimum atomic E-state index is 0.723. The largest absolute Gasteiger partial charge is 0.0619 e. The molecule has 1 aliphatic carbocycles. The first-order valence-electron chi connectivity index (χ1n) is 13.1. The first-order valence-corrected chi connectivity index (χ1v) is 13.1. The zero-order chi connectivity index (χ0) is 24.5. The molecule has 0 amide bonds. The highest BCUT2D eigenvalue weighted by Gasteiger charge is 2.23. The van der Waals surface area contributed by atoms with Crippen LogP contribution >= 0.6 is 0 Å². The molecule has 0 aliphatic heterocycles. The van der Waals surface area contributed by atoms with Crippen LogP contribution in [0.15, 0.2) is 115 Å². The molecule has 0 saturated heterocycles. The summed E-state index contributed by atoms with van der Waals surface area (Å²) in [6, 6.07) is 42.5. The average molecular weight is 465 g/mol. The van der Waals surface area contributed by atoms with E-state index < -0.39 is 0 Å². The lowest BCUT2D eigenvalue weighted by Crippen LogP contribution is -2.10. The molecule has 0 nitrogen and oxygen atoms in total. The van der Waals surface area contributed by atoms with Gasteiger partial charge in [0, 0.05) is 0 Å². The molecule has 0 heteroatoms. The smallest absolute Gasteiger partial charge is 0.0146 e. The molecule has 0 unspecified atom stereocenters. The van der Waals surface area contributed by atoms with Gasteiger partial charge in [0.15, 0.2) is 0 Å². The number of hydrogen-bond donors (Lipinski definition) is 0. The quantitative estimate of drug-likeness (QED) is 0.243. The Bertz CT molecular complexity index is 1480. The van der Waals surface area contributed by atoms with Crippen molar-refractivity contribution in [3.63, 3.8) is 0 Å². The highest BCUT2D eigenvalue weighted by atomic mass is 14.3. The standard InChI is InChI=1S/C36H32/c1-25-13-15-27(16-14-25)28-17-19-29(20-18-28)30-21-23-32(24-22-30)33-11-6-12-34(26(33)2)36-10-4-3-9-35(36)31-7-5-8-31/h3-4,6,9-24,31H,5,7-8H2,1-2H3. The highest BCUT2D eigenvalue weighted by molar-refractivity contribution is 5.81. The molecule has 5 aromatic rings. The summed E-state index contributed by atoms with van der Waals surface area (Å²) in [7, 11) is 0. The summed E-state index contributed by atoms with van der Waals surface area (Å²) >= 11 is 0. The van der Waals surface area contributed by atoms with E-state index in [0.29, 0.717) is 0 Å². The summed E-state index contributed by atoms with van der Waals surface area (Å²) in [6.45, 7) is 4.41. The van der Waals surface area contributed by atoms with Gasteiger partial charge in [-0.15, -0.1) is 0 Å². The maximum absolute atomic E-state index is 2.34. The van der Waals surface area contributed by atoms with Crippen LogP contribution in [-0.4, -0.2) is 0 Å². The Labute approximate surface area is 215 Å². The van der Waals surface area contributed by atoms with Crippen molar-refractivity contribution in [3.8, 4) is 44.5 Å². The van der Waals surface area contributed by atoms with Gasteiger partial charge in [0.2, 0.25) is 0 Å². The van der Waals surface area contributed by atoms with Crippen LogP contribution in [0.2, 0.25) is 0 Å². The summed E-state index contributed by atoms with van der Waals surface area (Å²) in [5, 5.41) is 0. The van der Waals surface area contributed by atoms with Gasteiger partial charge in [0.1, 0.15) is 0 Å². The molecule has 0 N–H and O–H groups in total. The Morgan fingerprint density at radius 1 is 0.444 bits per heavy atom. The van der Waals surface area contributed by atoms with Crippen molar-refractivity contribution in [2.75, 3.05) is 0 Å². The van der Waals surface area contributed by atoms with Crippen LogP contribution < -0.4 is 0 Å². The summed E-state index contributed by atoms with van der Waals surface area (Å²) < 4.78 is 0. The minimum Gasteiger partial charge on any atom is -0.0619 e. The Kier molecular flexibility index (Phi) is 6.03. The van der Waals surface area contributed by atoms with Crippen LogP contribution in [0, 0.1) is 13.8 Å². The first kappa shape index (κ1) is 22.6. The second-order valence-corrected chi connectivity index (χ2v) is 10.2. The van der Waals surface area contributed by atoms with Crippen molar-refractivity contribution in [1.29, 1.82) is 0 Å². The number of hydrogen-bond acceptors (Lipinski definition) is 0. The van der Waals surface area contributed by atoms with Crippen molar-refractivity contribution in [3.05, 3.63) is 132 Å². The summed E-state index contributed by atoms with van der Waals surface area (Å²) in [5.41, 5.74) is 14.6. The number of aryl methyl sites for hydroxylation is 1. The van der Waals surface area contributed by atoms with E-state index in [4.69, 9.17) is 0 Å². The van der Waals surface area contributed by atoms with E-state index in [2.05, 4.69) is 129 Å². The molecule has 0 aromatic heterocycles. The molecule has 0 heterocycles. The molecule has 0 spiro atoms. The molecule has 1 aliphatic rings. The van der Waals surface area contributed by atoms with Crippen molar-refractivity contribution in [2.24, 2.45) is 0 Å². The van der Waals surface area contributed by atoms with E-state index in [-0.39, 0.29) is 0 Å². The zero-order valence-corrected chi connectivity index (χ0v) is 21.2. The minimum absolute atomic E-state index is 0.723. The van der Waals surface area contributed by atoms with Gasteiger partial charge in [-0.3, -0.25) is 0 Å². The topological polar surface area (TPSA) is 0 Å². The molecule has 0 bridgehead atoms. The van der Waals surface area contributed by atoms with Gasteiger partial charge in [-0.25, -0.2) is 0 Å². The molecule has 0 radical (unpaired) electrons. The van der Waals surface area contributed by atoms with E-state index >= 15 is 0 Å². The van der Waals surface area contributed by atoms with Crippen LogP contribution in [-0.2, 0) is 0 Å². The molecular formula is C36H32. The van der Waals surface area contributed by atoms with Gasteiger partial charge in [-0.1, -0.05) is 127 Å². The van der Waals surface area contributed by atoms with E-state index in [1.54, 1.807) is 0 Å². The maximum atomic E-state index is 2.34. The average Bonchev–Trinajstić information content (AvgIpc) is 2.89. The summed E-state index contributed by atoms with van der Waals surface area (Å²) in [5.74, 6) is 0.723. The SMILES string of the molecule is Cc1ccc(-c2ccc(-c3ccc(-c4cccc(-c5ccccc5C5CCC5)c4C)cc3)cc2)cc1. The predicted octanol–water partition coefficient (Wildman–Crippen LogP) is 10.2. The van der Waals surface area contributed by atoms with Crippen molar-refractivity contribution in [2.45, 2.75) is 39.0 Å². The lowest BCUT2D eigenvalue weighted by Gasteiger charge is -2.28. The van der Waals surface area contributed by atoms with Crippen molar-refractivity contribution >= 4 is 0 Å². The third-order valence-electron chi connectivity index (χ3n) is 7.93. The van der Waals surface area contributed by atoms with Crippen LogP contribution in [0.4, 0.5) is 0 Å². The Morgan fingerprint density at radius 3 is 1.47 bits per heavy atom. The van der Waals surface area contributed by atoms with Crippen molar-refractivity contribution < 1.29 is 0 Å². The van der Waals surface area contributed by atoms with E-state index in [0.717, 1.165) is 5.92 Å². The van der Waals surface area contributed by atoms with E-state index in [1.807, 2.05) is 0 Å². The molecule has 176 valence electrons. The second-order valence-electron chi connectivity index (χ2n) is 10.2. The summed E-state index contributed by atoms with van der Waals surface area (Å²) in [6.07, 6.45) is 4.01. The van der Waals surface area contributed by atoms with E-state index in [1.165, 1.54) is 80.5 Å². The molecule has 6 rings (SSSR count). The first-order chi connectivity index (χ1) is 17.7. The van der Waals surface area contributed by atoms with Crippen molar-refractivity contribution in [1.82, 2.24) is 0 Å². The maximum Gasteiger partial charge on any atom is -0.0146 e. The highest BCUT2D eigenvalue weighted by Crippen LogP contribution is 2.43. The monoisotopic (exact) mass is 464 g/mol. The Hall–Kier alpha value is -3.90. The zero-order valence-electron chi connectivity index (χ0n) is 21.2. The van der Waals surface area contributed by atoms with Gasteiger partial charge in [0.25, 0.3) is 0 Å². The van der Waals surface area contributed by atoms with Gasteiger partial charge >= 0.3 is 0 Å². The number of benzene rings is 5. The normalized spacial score (nSPS) is 13.4. The van der Waals surface area contributed by atoms with Crippen LogP contribution in [0.25, 0.3) is 44.5 Å². The predicted molar refractivity (Wildman–Crippen MR) is 154 cm³/mol. The van der Waals surface area contributed by atoms with Crippen LogP contribution in [0.3, 0.4) is 0 Å². The van der Waals surface area contributed by atoms with E-state index in [9.17, 15) is 0 Å². The second kappa shape index (κ2) is 9.63. The molecule has 0 atom stereocenters. The molecule has 5 aromatic carbocycles. The summed E-state index contributed by atoms with van der Waals surface area (Å²) in [4.78, 5) is 0. The fourth-order valence-corrected chi connectivity index (χ4v) is 5.50. The number of rotatable bonds is 5. The Balaban J connectivity index is 1.28. The molecule has 36 heavy (non-hydrogen) atoms. The van der Waals surface area contributed by atoms with Gasteiger partial charge < -0.3 is 0 Å².